The summed E-state index contributed by atoms with van der Waals surface area (Å²) >= 11 is 2.76. The van der Waals surface area contributed by atoms with Crippen molar-refractivity contribution in [2.24, 2.45) is 0 Å². The molecule has 0 radical (unpaired) electrons. The first-order valence-electron chi connectivity index (χ1n) is 9.29. The smallest absolute Gasteiger partial charge is 0.349 e. The zero-order valence-corrected chi connectivity index (χ0v) is 17.8. The van der Waals surface area contributed by atoms with Crippen molar-refractivity contribution in [3.63, 3.8) is 0 Å². The van der Waals surface area contributed by atoms with E-state index in [9.17, 15) is 14.4 Å². The van der Waals surface area contributed by atoms with Gasteiger partial charge in [-0.1, -0.05) is 41.3 Å². The number of amides is 2. The van der Waals surface area contributed by atoms with Crippen molar-refractivity contribution in [1.82, 2.24) is 20.4 Å². The van der Waals surface area contributed by atoms with Crippen LogP contribution in [0.4, 0.5) is 5.13 Å². The second-order valence-electron chi connectivity index (χ2n) is 6.58. The molecule has 11 heteroatoms. The van der Waals surface area contributed by atoms with E-state index in [0.29, 0.717) is 37.5 Å². The number of nitrogens with one attached hydrogen (secondary N) is 1. The monoisotopic (exact) mass is 445 g/mol. The van der Waals surface area contributed by atoms with E-state index in [1.807, 2.05) is 17.0 Å². The first kappa shape index (κ1) is 20.4. The van der Waals surface area contributed by atoms with Crippen LogP contribution in [0, 0.1) is 0 Å². The van der Waals surface area contributed by atoms with Crippen molar-refractivity contribution >= 4 is 51.0 Å². The van der Waals surface area contributed by atoms with Crippen LogP contribution in [0.2, 0.25) is 0 Å². The molecular weight excluding hydrogens is 426 g/mol. The number of hydrogen-bond donors (Lipinski definition) is 1. The summed E-state index contributed by atoms with van der Waals surface area (Å²) in [6.45, 7) is 2.09. The molecule has 1 aromatic carbocycles. The Balaban J connectivity index is 1.39. The van der Waals surface area contributed by atoms with E-state index < -0.39 is 5.63 Å². The van der Waals surface area contributed by atoms with Crippen molar-refractivity contribution in [2.45, 2.75) is 4.34 Å². The van der Waals surface area contributed by atoms with Gasteiger partial charge in [0.25, 0.3) is 5.91 Å². The Morgan fingerprint density at radius 1 is 1.20 bits per heavy atom. The first-order chi connectivity index (χ1) is 14.5. The van der Waals surface area contributed by atoms with Crippen molar-refractivity contribution in [1.29, 1.82) is 0 Å². The summed E-state index contributed by atoms with van der Waals surface area (Å²) in [5.74, 6) is -0.0999. The van der Waals surface area contributed by atoms with Crippen molar-refractivity contribution < 1.29 is 14.0 Å². The molecule has 3 heterocycles. The van der Waals surface area contributed by atoms with Crippen LogP contribution < -0.4 is 15.8 Å². The maximum Gasteiger partial charge on any atom is 0.349 e. The molecule has 3 aromatic rings. The maximum absolute atomic E-state index is 12.9. The molecule has 156 valence electrons. The SMILES string of the molecule is CNC(=O)CSc1nnc(N2CCN(C(=O)c3cc4ccccc4oc3=O)CC2)s1. The van der Waals surface area contributed by atoms with Gasteiger partial charge in [0.2, 0.25) is 11.0 Å². The summed E-state index contributed by atoms with van der Waals surface area (Å²) in [5, 5.41) is 12.4. The molecule has 4 rings (SSSR count). The third-order valence-corrected chi connectivity index (χ3v) is 6.83. The molecule has 30 heavy (non-hydrogen) atoms. The van der Waals surface area contributed by atoms with Crippen LogP contribution in [0.5, 0.6) is 0 Å². The number of carbonyl (C=O) groups excluding carboxylic acids is 2. The number of para-hydroxylation sites is 1. The summed E-state index contributed by atoms with van der Waals surface area (Å²) in [4.78, 5) is 40.2. The third-order valence-electron chi connectivity index (χ3n) is 4.71. The Hall–Kier alpha value is -2.92. The summed E-state index contributed by atoms with van der Waals surface area (Å²) in [7, 11) is 1.59. The molecule has 0 aliphatic carbocycles. The van der Waals surface area contributed by atoms with Crippen molar-refractivity contribution in [3.8, 4) is 0 Å². The van der Waals surface area contributed by atoms with Crippen LogP contribution in [0.15, 0.2) is 43.9 Å². The largest absolute Gasteiger partial charge is 0.422 e. The summed E-state index contributed by atoms with van der Waals surface area (Å²) in [5.41, 5.74) is -0.112. The van der Waals surface area contributed by atoms with Gasteiger partial charge in [-0.15, -0.1) is 10.2 Å². The minimum Gasteiger partial charge on any atom is -0.422 e. The number of aromatic nitrogens is 2. The summed E-state index contributed by atoms with van der Waals surface area (Å²) in [6.07, 6.45) is 0. The lowest BCUT2D eigenvalue weighted by Gasteiger charge is -2.34. The fourth-order valence-electron chi connectivity index (χ4n) is 3.07. The van der Waals surface area contributed by atoms with Crippen LogP contribution in [0.3, 0.4) is 0 Å². The third kappa shape index (κ3) is 4.31. The number of benzene rings is 1. The highest BCUT2D eigenvalue weighted by atomic mass is 32.2. The molecule has 2 aromatic heterocycles. The van der Waals surface area contributed by atoms with E-state index in [1.165, 1.54) is 23.1 Å². The second-order valence-corrected chi connectivity index (χ2v) is 8.76. The highest BCUT2D eigenvalue weighted by Crippen LogP contribution is 2.28. The summed E-state index contributed by atoms with van der Waals surface area (Å²) < 4.78 is 6.01. The highest BCUT2D eigenvalue weighted by Gasteiger charge is 2.26. The maximum atomic E-state index is 12.9. The quantitative estimate of drug-likeness (QED) is 0.464. The zero-order chi connectivity index (χ0) is 21.1. The molecule has 1 aliphatic heterocycles. The number of thioether (sulfide) groups is 1. The minimum absolute atomic E-state index is 0.0472. The van der Waals surface area contributed by atoms with Gasteiger partial charge >= 0.3 is 5.63 Å². The number of fused-ring (bicyclic) bond motifs is 1. The standard InChI is InChI=1S/C19H19N5O4S2/c1-20-15(25)11-29-19-22-21-18(30-19)24-8-6-23(7-9-24)16(26)13-10-12-4-2-3-5-14(12)28-17(13)27/h2-5,10H,6-9,11H2,1H3,(H,20,25). The first-order valence-corrected chi connectivity index (χ1v) is 11.1. The number of anilines is 1. The van der Waals surface area contributed by atoms with Gasteiger partial charge in [-0.25, -0.2) is 4.79 Å². The molecule has 0 unspecified atom stereocenters. The summed E-state index contributed by atoms with van der Waals surface area (Å²) in [6, 6.07) is 8.71. The molecule has 9 nitrogen and oxygen atoms in total. The van der Waals surface area contributed by atoms with Gasteiger partial charge in [0.05, 0.1) is 5.75 Å². The molecule has 1 aliphatic rings. The van der Waals surface area contributed by atoms with E-state index >= 15 is 0 Å². The highest BCUT2D eigenvalue weighted by molar-refractivity contribution is 8.01. The van der Waals surface area contributed by atoms with Crippen LogP contribution in [0.1, 0.15) is 10.4 Å². The average Bonchev–Trinajstić information content (AvgIpc) is 3.25. The van der Waals surface area contributed by atoms with Crippen molar-refractivity contribution in [2.75, 3.05) is 43.9 Å². The average molecular weight is 446 g/mol. The molecule has 0 spiro atoms. The van der Waals surface area contributed by atoms with E-state index in [2.05, 4.69) is 15.5 Å². The molecule has 1 fully saturated rings. The van der Waals surface area contributed by atoms with Gasteiger partial charge in [0.1, 0.15) is 11.1 Å². The Labute approximate surface area is 180 Å². The zero-order valence-electron chi connectivity index (χ0n) is 16.2. The number of piperazine rings is 1. The van der Waals surface area contributed by atoms with Gasteiger partial charge in [0.15, 0.2) is 4.34 Å². The number of hydrogen-bond acceptors (Lipinski definition) is 9. The Morgan fingerprint density at radius 2 is 1.97 bits per heavy atom. The van der Waals surface area contributed by atoms with Crippen LogP contribution in [-0.2, 0) is 4.79 Å². The van der Waals surface area contributed by atoms with Gasteiger partial charge in [-0.3, -0.25) is 9.59 Å². The molecule has 2 amide bonds. The molecule has 0 bridgehead atoms. The number of rotatable bonds is 5. The van der Waals surface area contributed by atoms with Crippen LogP contribution >= 0.6 is 23.1 Å². The van der Waals surface area contributed by atoms with Crippen LogP contribution in [0.25, 0.3) is 11.0 Å². The molecule has 0 saturated carbocycles. The fraction of sp³-hybridized carbons (Fsp3) is 0.316. The van der Waals surface area contributed by atoms with Gasteiger partial charge in [-0.2, -0.15) is 0 Å². The predicted octanol–water partition coefficient (Wildman–Crippen LogP) is 1.44. The predicted molar refractivity (Wildman–Crippen MR) is 115 cm³/mol. The lowest BCUT2D eigenvalue weighted by Crippen LogP contribution is -2.49. The van der Waals surface area contributed by atoms with Gasteiger partial charge in [0, 0.05) is 38.6 Å². The minimum atomic E-state index is -0.622. The molecule has 1 N–H and O–H groups in total. The molecular formula is C19H19N5O4S2. The van der Waals surface area contributed by atoms with E-state index in [1.54, 1.807) is 30.1 Å². The Bertz CT molecular complexity index is 1140. The lowest BCUT2D eigenvalue weighted by molar-refractivity contribution is -0.118. The topological polar surface area (TPSA) is 109 Å². The fourth-order valence-corrected chi connectivity index (χ4v) is 4.84. The molecule has 0 atom stereocenters. The van der Waals surface area contributed by atoms with E-state index in [-0.39, 0.29) is 17.4 Å². The van der Waals surface area contributed by atoms with Crippen molar-refractivity contribution in [3.05, 3.63) is 46.3 Å². The van der Waals surface area contributed by atoms with Crippen LogP contribution in [-0.4, -0.2) is 65.9 Å². The Morgan fingerprint density at radius 3 is 2.73 bits per heavy atom. The normalized spacial score (nSPS) is 14.2. The number of nitrogens with zero attached hydrogens (tertiary/aromatic N) is 4. The lowest BCUT2D eigenvalue weighted by atomic mass is 10.1. The van der Waals surface area contributed by atoms with Gasteiger partial charge in [-0.05, 0) is 12.1 Å². The van der Waals surface area contributed by atoms with Gasteiger partial charge < -0.3 is 19.5 Å². The van der Waals surface area contributed by atoms with E-state index in [4.69, 9.17) is 4.42 Å². The second kappa shape index (κ2) is 8.84. The molecule has 1 saturated heterocycles. The number of carbonyl (C=O) groups is 2. The Kier molecular flexibility index (Phi) is 6.00. The van der Waals surface area contributed by atoms with E-state index in [0.717, 1.165) is 14.9 Å².